The molecule has 1 aromatic heterocycles. The lowest BCUT2D eigenvalue weighted by Gasteiger charge is -2.10. The Morgan fingerprint density at radius 3 is 2.17 bits per heavy atom. The normalized spacial score (nSPS) is 10.5. The molecule has 0 saturated carbocycles. The van der Waals surface area contributed by atoms with Gasteiger partial charge in [0.05, 0.1) is 0 Å². The average molecular weight is 379 g/mol. The minimum Gasteiger partial charge on any atom is -0.320 e. The molecular weight excluding hydrogens is 356 g/mol. The lowest BCUT2D eigenvalue weighted by Crippen LogP contribution is -2.39. The highest BCUT2D eigenvalue weighted by Crippen LogP contribution is 2.19. The van der Waals surface area contributed by atoms with E-state index in [1.54, 1.807) is 0 Å². The van der Waals surface area contributed by atoms with Crippen LogP contribution in [0.5, 0.6) is 0 Å². The van der Waals surface area contributed by atoms with Gasteiger partial charge in [0.25, 0.3) is 5.91 Å². The first-order valence-electron chi connectivity index (χ1n) is 9.74. The van der Waals surface area contributed by atoms with E-state index in [4.69, 9.17) is 0 Å². The Morgan fingerprint density at radius 1 is 0.724 bits per heavy atom. The van der Waals surface area contributed by atoms with Crippen LogP contribution in [0, 0.1) is 0 Å². The van der Waals surface area contributed by atoms with E-state index in [2.05, 4.69) is 41.7 Å². The molecule has 0 aliphatic carbocycles. The summed E-state index contributed by atoms with van der Waals surface area (Å²) in [5.41, 5.74) is 5.41. The lowest BCUT2D eigenvalue weighted by molar-refractivity contribution is -0.683. The van der Waals surface area contributed by atoms with E-state index < -0.39 is 0 Å². The molecule has 0 spiro atoms. The standard InChI is InChI=1S/C26H22N2O/c29-26(20-28-17-9-15-24(19-28)22-12-5-2-6-13-22)27-25-16-8-7-14-23(25)18-21-10-3-1-4-11-21/h1-17,19H,18,20H2/p+1. The van der Waals surface area contributed by atoms with E-state index in [9.17, 15) is 4.79 Å². The molecule has 0 unspecified atom stereocenters. The SMILES string of the molecule is O=C(C[n+]1cccc(-c2ccccc2)c1)Nc1ccccc1Cc1ccccc1. The van der Waals surface area contributed by atoms with Crippen LogP contribution in [0.1, 0.15) is 11.1 Å². The van der Waals surface area contributed by atoms with Gasteiger partial charge >= 0.3 is 0 Å². The molecule has 0 saturated heterocycles. The summed E-state index contributed by atoms with van der Waals surface area (Å²) < 4.78 is 1.91. The zero-order chi connectivity index (χ0) is 19.9. The molecule has 1 N–H and O–H groups in total. The maximum absolute atomic E-state index is 12.7. The van der Waals surface area contributed by atoms with Crippen molar-refractivity contribution in [3.05, 3.63) is 121 Å². The van der Waals surface area contributed by atoms with Crippen molar-refractivity contribution in [3.8, 4) is 11.1 Å². The van der Waals surface area contributed by atoms with Crippen LogP contribution in [0.15, 0.2) is 109 Å². The van der Waals surface area contributed by atoms with E-state index in [1.807, 2.05) is 77.6 Å². The summed E-state index contributed by atoms with van der Waals surface area (Å²) >= 11 is 0. The van der Waals surface area contributed by atoms with Gasteiger partial charge < -0.3 is 5.32 Å². The molecule has 4 rings (SSSR count). The third kappa shape index (κ3) is 4.96. The Labute approximate surface area is 171 Å². The summed E-state index contributed by atoms with van der Waals surface area (Å²) in [6.45, 7) is 0.264. The van der Waals surface area contributed by atoms with Gasteiger partial charge in [-0.05, 0) is 35.2 Å². The molecule has 29 heavy (non-hydrogen) atoms. The molecule has 1 heterocycles. The molecule has 142 valence electrons. The van der Waals surface area contributed by atoms with Crippen molar-refractivity contribution in [2.45, 2.75) is 13.0 Å². The van der Waals surface area contributed by atoms with Crippen molar-refractivity contribution in [1.29, 1.82) is 0 Å². The number of carbonyl (C=O) groups excluding carboxylic acids is 1. The summed E-state index contributed by atoms with van der Waals surface area (Å²) in [7, 11) is 0. The first kappa shape index (κ1) is 18.6. The number of nitrogens with one attached hydrogen (secondary N) is 1. The second-order valence-electron chi connectivity index (χ2n) is 7.00. The highest BCUT2D eigenvalue weighted by Gasteiger charge is 2.13. The maximum Gasteiger partial charge on any atom is 0.290 e. The van der Waals surface area contributed by atoms with Crippen LogP contribution < -0.4 is 9.88 Å². The summed E-state index contributed by atoms with van der Waals surface area (Å²) in [5, 5.41) is 3.08. The largest absolute Gasteiger partial charge is 0.320 e. The van der Waals surface area contributed by atoms with Gasteiger partial charge in [0.2, 0.25) is 6.54 Å². The van der Waals surface area contributed by atoms with E-state index in [-0.39, 0.29) is 12.5 Å². The van der Waals surface area contributed by atoms with Crippen LogP contribution in [-0.2, 0) is 17.8 Å². The first-order valence-corrected chi connectivity index (χ1v) is 9.74. The second-order valence-corrected chi connectivity index (χ2v) is 7.00. The Bertz CT molecular complexity index is 1090. The Balaban J connectivity index is 1.47. The van der Waals surface area contributed by atoms with E-state index in [0.29, 0.717) is 0 Å². The number of benzene rings is 3. The number of pyridine rings is 1. The third-order valence-corrected chi connectivity index (χ3v) is 4.82. The highest BCUT2D eigenvalue weighted by atomic mass is 16.1. The average Bonchev–Trinajstić information content (AvgIpc) is 2.77. The second kappa shape index (κ2) is 8.98. The quantitative estimate of drug-likeness (QED) is 0.476. The predicted molar refractivity (Wildman–Crippen MR) is 116 cm³/mol. The Hall–Kier alpha value is -3.72. The number of hydrogen-bond acceptors (Lipinski definition) is 1. The van der Waals surface area contributed by atoms with Gasteiger partial charge in [0.1, 0.15) is 0 Å². The van der Waals surface area contributed by atoms with Crippen LogP contribution in [0.2, 0.25) is 0 Å². The van der Waals surface area contributed by atoms with Crippen molar-refractivity contribution < 1.29 is 9.36 Å². The van der Waals surface area contributed by atoms with Crippen LogP contribution in [0.4, 0.5) is 5.69 Å². The number of aromatic nitrogens is 1. The van der Waals surface area contributed by atoms with Gasteiger partial charge in [-0.1, -0.05) is 78.9 Å². The van der Waals surface area contributed by atoms with Crippen molar-refractivity contribution >= 4 is 11.6 Å². The van der Waals surface area contributed by atoms with Gasteiger partial charge in [0.15, 0.2) is 12.4 Å². The minimum atomic E-state index is -0.0410. The molecule has 0 aliphatic heterocycles. The van der Waals surface area contributed by atoms with Gasteiger partial charge in [-0.15, -0.1) is 0 Å². The molecule has 1 amide bonds. The summed E-state index contributed by atoms with van der Waals surface area (Å²) in [6.07, 6.45) is 4.71. The summed E-state index contributed by atoms with van der Waals surface area (Å²) in [6, 6.07) is 32.5. The molecule has 0 atom stereocenters. The molecule has 3 heteroatoms. The third-order valence-electron chi connectivity index (χ3n) is 4.82. The molecule has 4 aromatic rings. The predicted octanol–water partition coefficient (Wildman–Crippen LogP) is 4.87. The molecule has 3 aromatic carbocycles. The summed E-state index contributed by atoms with van der Waals surface area (Å²) in [4.78, 5) is 12.7. The molecule has 0 aliphatic rings. The minimum absolute atomic E-state index is 0.0410. The molecular formula is C26H23N2O+. The van der Waals surface area contributed by atoms with Crippen molar-refractivity contribution in [3.63, 3.8) is 0 Å². The van der Waals surface area contributed by atoms with Crippen molar-refractivity contribution in [1.82, 2.24) is 0 Å². The van der Waals surface area contributed by atoms with E-state index >= 15 is 0 Å². The zero-order valence-corrected chi connectivity index (χ0v) is 16.2. The number of carbonyl (C=O) groups is 1. The molecule has 0 bridgehead atoms. The van der Waals surface area contributed by atoms with Gasteiger partial charge in [0, 0.05) is 17.3 Å². The molecule has 3 nitrogen and oxygen atoms in total. The fraction of sp³-hybridized carbons (Fsp3) is 0.0769. The van der Waals surface area contributed by atoms with Crippen molar-refractivity contribution in [2.75, 3.05) is 5.32 Å². The topological polar surface area (TPSA) is 33.0 Å². The first-order chi connectivity index (χ1) is 14.3. The van der Waals surface area contributed by atoms with Crippen LogP contribution in [-0.4, -0.2) is 5.91 Å². The number of rotatable bonds is 6. The zero-order valence-electron chi connectivity index (χ0n) is 16.2. The number of hydrogen-bond donors (Lipinski definition) is 1. The molecule has 0 radical (unpaired) electrons. The van der Waals surface area contributed by atoms with E-state index in [0.717, 1.165) is 28.8 Å². The number of nitrogens with zero attached hydrogens (tertiary/aromatic N) is 1. The molecule has 0 fully saturated rings. The smallest absolute Gasteiger partial charge is 0.290 e. The van der Waals surface area contributed by atoms with Crippen LogP contribution in [0.3, 0.4) is 0 Å². The monoisotopic (exact) mass is 379 g/mol. The van der Waals surface area contributed by atoms with Crippen LogP contribution in [0.25, 0.3) is 11.1 Å². The van der Waals surface area contributed by atoms with Crippen molar-refractivity contribution in [2.24, 2.45) is 0 Å². The lowest BCUT2D eigenvalue weighted by atomic mass is 10.0. The Morgan fingerprint density at radius 2 is 1.38 bits per heavy atom. The number of para-hydroxylation sites is 1. The van der Waals surface area contributed by atoms with Gasteiger partial charge in [-0.3, -0.25) is 4.79 Å². The van der Waals surface area contributed by atoms with Gasteiger partial charge in [-0.2, -0.15) is 4.57 Å². The van der Waals surface area contributed by atoms with Crippen LogP contribution >= 0.6 is 0 Å². The summed E-state index contributed by atoms with van der Waals surface area (Å²) in [5.74, 6) is -0.0410. The maximum atomic E-state index is 12.7. The van der Waals surface area contributed by atoms with Gasteiger partial charge in [-0.25, -0.2) is 0 Å². The fourth-order valence-electron chi connectivity index (χ4n) is 3.39. The van der Waals surface area contributed by atoms with E-state index in [1.165, 1.54) is 5.56 Å². The number of amides is 1. The highest BCUT2D eigenvalue weighted by molar-refractivity contribution is 5.90. The fourth-order valence-corrected chi connectivity index (χ4v) is 3.39. The number of anilines is 1. The Kier molecular flexibility index (Phi) is 5.77.